The lowest BCUT2D eigenvalue weighted by molar-refractivity contribution is 0.149. The van der Waals surface area contributed by atoms with Crippen molar-refractivity contribution < 1.29 is 0 Å². The van der Waals surface area contributed by atoms with Crippen molar-refractivity contribution in [3.05, 3.63) is 165 Å². The van der Waals surface area contributed by atoms with Crippen molar-refractivity contribution >= 4 is 79.7 Å². The predicted octanol–water partition coefficient (Wildman–Crippen LogP) is 9.35. The molecule has 0 spiro atoms. The monoisotopic (exact) mass is 1290 g/mol. The molecule has 472 valence electrons. The van der Waals surface area contributed by atoms with Gasteiger partial charge in [0, 0.05) is 152 Å². The molecule has 12 heterocycles. The van der Waals surface area contributed by atoms with Crippen LogP contribution in [0.1, 0.15) is 12.1 Å². The van der Waals surface area contributed by atoms with E-state index in [1.165, 1.54) is 6.07 Å². The number of fused-ring (bicyclic) bond motifs is 3. The van der Waals surface area contributed by atoms with Crippen molar-refractivity contribution in [1.82, 2.24) is 99.3 Å². The van der Waals surface area contributed by atoms with Crippen LogP contribution in [0.4, 0.5) is 0 Å². The molecule has 0 saturated carbocycles. The largest absolute Gasteiger partial charge is 0.360 e. The van der Waals surface area contributed by atoms with Gasteiger partial charge < -0.3 is 24.7 Å². The van der Waals surface area contributed by atoms with E-state index >= 15 is 0 Å². The number of benzene rings is 3. The normalized spacial score (nSPS) is 16.3. The molecular weight excluding hydrogens is 1220 g/mol. The lowest BCUT2D eigenvalue weighted by atomic mass is 10.1. The van der Waals surface area contributed by atoms with Crippen LogP contribution in [0.25, 0.3) is 95.2 Å². The van der Waals surface area contributed by atoms with Gasteiger partial charge in [0.05, 0.1) is 62.2 Å². The lowest BCUT2D eigenvalue weighted by Gasteiger charge is -2.32. The van der Waals surface area contributed by atoms with E-state index in [1.54, 1.807) is 6.07 Å². The van der Waals surface area contributed by atoms with Gasteiger partial charge in [-0.25, -0.2) is 14.0 Å². The highest BCUT2D eigenvalue weighted by atomic mass is 35.5. The SMILES string of the molecule is CN1CCN(CCn2nc(-c3ccc[nH]3)c3c(Cl)c(-c4ccccc4)nnc32)CC1.CN1CCN(CCn2nc(-c3cccc(=O)[nH]3)c3c(Cl)c(-c4ccccc4)nnc32)CC1.CN1CCN(CCn2nc(C3=CN=CC3)c3c(Cl)c(-c4ccccc4)nnc32)CC1. The first-order chi connectivity index (χ1) is 45.0. The Morgan fingerprint density at radius 3 is 1.15 bits per heavy atom. The molecule has 4 aliphatic heterocycles. The Bertz CT molecular complexity index is 4430. The van der Waals surface area contributed by atoms with Crippen molar-refractivity contribution in [2.75, 3.05) is 119 Å². The molecule has 0 amide bonds. The molecule has 3 saturated heterocycles. The minimum absolute atomic E-state index is 0.191. The van der Waals surface area contributed by atoms with Gasteiger partial charge >= 0.3 is 0 Å². The summed E-state index contributed by atoms with van der Waals surface area (Å²) < 4.78 is 5.75. The minimum atomic E-state index is -0.191. The maximum Gasteiger partial charge on any atom is 0.248 e. The summed E-state index contributed by atoms with van der Waals surface area (Å²) in [6.07, 6.45) is 6.41. The molecule has 0 atom stereocenters. The quantitative estimate of drug-likeness (QED) is 0.0979. The zero-order valence-electron chi connectivity index (χ0n) is 51.8. The second-order valence-corrected chi connectivity index (χ2v) is 24.8. The van der Waals surface area contributed by atoms with Crippen LogP contribution in [0.5, 0.6) is 0 Å². The number of rotatable bonds is 15. The summed E-state index contributed by atoms with van der Waals surface area (Å²) in [6, 6.07) is 38.5. The van der Waals surface area contributed by atoms with Crippen molar-refractivity contribution in [2.45, 2.75) is 26.1 Å². The number of aromatic nitrogens is 14. The highest BCUT2D eigenvalue weighted by molar-refractivity contribution is 6.39. The first kappa shape index (κ1) is 62.4. The Morgan fingerprint density at radius 2 is 0.783 bits per heavy atom. The fourth-order valence-corrected chi connectivity index (χ4v) is 12.9. The average molecular weight is 1290 g/mol. The molecule has 11 aromatic rings. The van der Waals surface area contributed by atoms with Gasteiger partial charge in [0.2, 0.25) is 5.56 Å². The molecule has 3 fully saturated rings. The van der Waals surface area contributed by atoms with E-state index in [0.29, 0.717) is 61.1 Å². The number of nitrogens with one attached hydrogen (secondary N) is 2. The van der Waals surface area contributed by atoms with Gasteiger partial charge in [0.25, 0.3) is 0 Å². The molecule has 2 N–H and O–H groups in total. The number of allylic oxidation sites excluding steroid dienone is 1. The molecule has 8 aromatic heterocycles. The molecule has 0 unspecified atom stereocenters. The number of H-pyrrole nitrogens is 2. The van der Waals surface area contributed by atoms with E-state index in [-0.39, 0.29) is 5.56 Å². The number of nitrogens with zero attached hydrogens (tertiary/aromatic N) is 19. The summed E-state index contributed by atoms with van der Waals surface area (Å²) in [7, 11) is 6.49. The maximum absolute atomic E-state index is 12.0. The molecule has 0 bridgehead atoms. The number of hydrogen-bond acceptors (Lipinski definition) is 17. The van der Waals surface area contributed by atoms with Crippen LogP contribution in [0.2, 0.25) is 15.1 Å². The topological polar surface area (TPSA) is 211 Å². The summed E-state index contributed by atoms with van der Waals surface area (Å²) in [4.78, 5) is 36.8. The highest BCUT2D eigenvalue weighted by Gasteiger charge is 2.27. The van der Waals surface area contributed by atoms with Crippen LogP contribution in [0.3, 0.4) is 0 Å². The first-order valence-electron chi connectivity index (χ1n) is 31.2. The second kappa shape index (κ2) is 28.6. The highest BCUT2D eigenvalue weighted by Crippen LogP contribution is 2.40. The molecule has 0 radical (unpaired) electrons. The molecule has 3 aromatic carbocycles. The van der Waals surface area contributed by atoms with Crippen molar-refractivity contribution in [2.24, 2.45) is 4.99 Å². The standard InChI is InChI=1S/C23H24ClN7O.2C22H24ClN7/c1-29-10-12-30(13-11-29)14-15-31-23-19(22(28-31)17-8-5-9-18(32)25-17)20(24)21(26-27-23)16-6-3-2-4-7-16;1-28-10-12-29(13-11-28)14-15-30-22-18(21(27-30)17-8-5-9-24-17)19(23)20(25-26-22)16-6-3-2-4-7-16;1-28-9-11-29(12-10-28)13-14-30-22-18(20(27-30)17-7-8-24-15-17)19(23)21(25-26-22)16-5-3-2-4-6-16/h2-9H,10-15H2,1H3,(H,25,32);2-9,24H,10-15H2,1H3;2-6,8,15H,7,9-14H2,1H3. The Labute approximate surface area is 547 Å². The number of halogens is 3. The Balaban J connectivity index is 0.000000126. The van der Waals surface area contributed by atoms with Gasteiger partial charge in [-0.05, 0) is 39.3 Å². The molecule has 22 nitrogen and oxygen atoms in total. The predicted molar refractivity (Wildman–Crippen MR) is 366 cm³/mol. The van der Waals surface area contributed by atoms with Gasteiger partial charge in [0.15, 0.2) is 16.9 Å². The minimum Gasteiger partial charge on any atom is -0.360 e. The first-order valence-corrected chi connectivity index (χ1v) is 32.4. The van der Waals surface area contributed by atoms with Crippen LogP contribution in [-0.2, 0) is 19.6 Å². The van der Waals surface area contributed by atoms with Crippen LogP contribution in [0, 0.1) is 0 Å². The number of pyridine rings is 1. The molecule has 92 heavy (non-hydrogen) atoms. The van der Waals surface area contributed by atoms with E-state index in [4.69, 9.17) is 50.1 Å². The van der Waals surface area contributed by atoms with E-state index in [1.807, 2.05) is 142 Å². The van der Waals surface area contributed by atoms with Crippen molar-refractivity contribution in [3.8, 4) is 56.5 Å². The molecular formula is C67H72Cl3N21O. The van der Waals surface area contributed by atoms with Crippen molar-refractivity contribution in [1.29, 1.82) is 0 Å². The van der Waals surface area contributed by atoms with E-state index in [9.17, 15) is 4.79 Å². The number of aromatic amines is 2. The number of hydrogen-bond donors (Lipinski definition) is 2. The summed E-state index contributed by atoms with van der Waals surface area (Å²) in [5, 5.41) is 45.7. The summed E-state index contributed by atoms with van der Waals surface area (Å²) in [5.74, 6) is 0. The summed E-state index contributed by atoms with van der Waals surface area (Å²) in [5.41, 5.74) is 11.5. The third-order valence-electron chi connectivity index (χ3n) is 17.4. The summed E-state index contributed by atoms with van der Waals surface area (Å²) in [6.45, 7) is 17.7. The number of piperazine rings is 3. The third-order valence-corrected chi connectivity index (χ3v) is 18.5. The molecule has 25 heteroatoms. The van der Waals surface area contributed by atoms with Crippen LogP contribution in [-0.4, -0.2) is 225 Å². The molecule has 0 aliphatic carbocycles. The fraction of sp³-hybridized carbons (Fsp3) is 0.328. The Morgan fingerprint density at radius 1 is 0.402 bits per heavy atom. The van der Waals surface area contributed by atoms with Gasteiger partial charge in [-0.1, -0.05) is 132 Å². The maximum atomic E-state index is 12.0. The zero-order chi connectivity index (χ0) is 63.1. The Hall–Kier alpha value is -8.42. The van der Waals surface area contributed by atoms with Gasteiger partial charge in [0.1, 0.15) is 34.2 Å². The zero-order valence-corrected chi connectivity index (χ0v) is 54.0. The molecule has 15 rings (SSSR count). The molecule has 4 aliphatic rings. The van der Waals surface area contributed by atoms with Crippen molar-refractivity contribution in [3.63, 3.8) is 0 Å². The third kappa shape index (κ3) is 13.8. The number of likely N-dealkylation sites (N-methyl/N-ethyl adjacent to an activating group) is 3. The van der Waals surface area contributed by atoms with Crippen LogP contribution < -0.4 is 5.56 Å². The van der Waals surface area contributed by atoms with E-state index in [0.717, 1.165) is 179 Å². The fourth-order valence-electron chi connectivity index (χ4n) is 12.0. The summed E-state index contributed by atoms with van der Waals surface area (Å²) >= 11 is 20.7. The number of aliphatic imine (C=N–C) groups is 1. The second-order valence-electron chi connectivity index (χ2n) is 23.6. The van der Waals surface area contributed by atoms with Gasteiger partial charge in [-0.15, -0.1) is 30.6 Å². The lowest BCUT2D eigenvalue weighted by Crippen LogP contribution is -2.45. The average Bonchev–Trinajstić information content (AvgIpc) is 1.73. The van der Waals surface area contributed by atoms with Crippen LogP contribution >= 0.6 is 34.8 Å². The van der Waals surface area contributed by atoms with Gasteiger partial charge in [-0.2, -0.15) is 15.3 Å². The van der Waals surface area contributed by atoms with Gasteiger partial charge in [-0.3, -0.25) is 24.5 Å². The van der Waals surface area contributed by atoms with Crippen LogP contribution in [0.15, 0.2) is 144 Å². The van der Waals surface area contributed by atoms with E-state index < -0.39 is 0 Å². The van der Waals surface area contributed by atoms with E-state index in [2.05, 4.69) is 96.1 Å². The smallest absolute Gasteiger partial charge is 0.248 e. The Kier molecular flexibility index (Phi) is 19.4.